The maximum absolute atomic E-state index is 10.1. The molecular formula is C11H8Br2OS. The van der Waals surface area contributed by atoms with Crippen molar-refractivity contribution in [3.8, 4) is 0 Å². The topological polar surface area (TPSA) is 20.2 Å². The fourth-order valence-electron chi connectivity index (χ4n) is 1.32. The summed E-state index contributed by atoms with van der Waals surface area (Å²) in [7, 11) is 0. The Balaban J connectivity index is 2.38. The fourth-order valence-corrected chi connectivity index (χ4v) is 3.31. The standard InChI is InChI=1S/C11H8Br2OS/c12-7-3-4-8(9(13)6-7)11(14)10-2-1-5-15-10/h1-6,11,14H. The molecule has 1 aromatic heterocycles. The van der Waals surface area contributed by atoms with E-state index < -0.39 is 6.10 Å². The second-order valence-corrected chi connectivity index (χ2v) is 5.83. The predicted octanol–water partition coefficient (Wildman–Crippen LogP) is 4.35. The Morgan fingerprint density at radius 2 is 2.00 bits per heavy atom. The summed E-state index contributed by atoms with van der Waals surface area (Å²) in [4.78, 5) is 0.957. The molecule has 0 fully saturated rings. The maximum Gasteiger partial charge on any atom is 0.114 e. The highest BCUT2D eigenvalue weighted by Crippen LogP contribution is 2.32. The lowest BCUT2D eigenvalue weighted by atomic mass is 10.1. The summed E-state index contributed by atoms with van der Waals surface area (Å²) in [5, 5.41) is 12.1. The molecule has 0 aliphatic carbocycles. The van der Waals surface area contributed by atoms with Gasteiger partial charge in [0.2, 0.25) is 0 Å². The molecule has 0 spiro atoms. The minimum Gasteiger partial charge on any atom is -0.383 e. The minimum atomic E-state index is -0.549. The molecule has 15 heavy (non-hydrogen) atoms. The molecule has 1 heterocycles. The monoisotopic (exact) mass is 346 g/mol. The van der Waals surface area contributed by atoms with Gasteiger partial charge in [0.25, 0.3) is 0 Å². The molecule has 0 radical (unpaired) electrons. The SMILES string of the molecule is OC(c1cccs1)c1ccc(Br)cc1Br. The number of rotatable bonds is 2. The third kappa shape index (κ3) is 2.50. The summed E-state index contributed by atoms with van der Waals surface area (Å²) in [5.41, 5.74) is 0.889. The molecule has 1 N–H and O–H groups in total. The van der Waals surface area contributed by atoms with Gasteiger partial charge in [0.15, 0.2) is 0 Å². The van der Waals surface area contributed by atoms with Crippen molar-refractivity contribution >= 4 is 43.2 Å². The Hall–Kier alpha value is -0.160. The molecule has 4 heteroatoms. The van der Waals surface area contributed by atoms with E-state index in [1.165, 1.54) is 0 Å². The van der Waals surface area contributed by atoms with E-state index in [-0.39, 0.29) is 0 Å². The Kier molecular flexibility index (Phi) is 3.61. The smallest absolute Gasteiger partial charge is 0.114 e. The number of aliphatic hydroxyl groups is 1. The number of halogens is 2. The van der Waals surface area contributed by atoms with Crippen molar-refractivity contribution in [2.24, 2.45) is 0 Å². The van der Waals surface area contributed by atoms with Crippen LogP contribution in [0, 0.1) is 0 Å². The first-order valence-corrected chi connectivity index (χ1v) is 6.81. The Bertz CT molecular complexity index is 454. The second kappa shape index (κ2) is 4.78. The van der Waals surface area contributed by atoms with Gasteiger partial charge in [-0.1, -0.05) is 44.0 Å². The zero-order chi connectivity index (χ0) is 10.8. The zero-order valence-electron chi connectivity index (χ0n) is 7.65. The molecule has 0 aliphatic rings. The van der Waals surface area contributed by atoms with Crippen LogP contribution in [0.4, 0.5) is 0 Å². The van der Waals surface area contributed by atoms with Crippen LogP contribution in [0.1, 0.15) is 16.5 Å². The number of thiophene rings is 1. The first-order chi connectivity index (χ1) is 7.18. The average Bonchev–Trinajstić information content (AvgIpc) is 2.69. The van der Waals surface area contributed by atoms with Crippen molar-refractivity contribution in [1.29, 1.82) is 0 Å². The van der Waals surface area contributed by atoms with Gasteiger partial charge < -0.3 is 5.11 Å². The summed E-state index contributed by atoms with van der Waals surface area (Å²) in [6.07, 6.45) is -0.549. The Morgan fingerprint density at radius 1 is 1.20 bits per heavy atom. The van der Waals surface area contributed by atoms with Crippen LogP contribution in [0.25, 0.3) is 0 Å². The Morgan fingerprint density at radius 3 is 2.60 bits per heavy atom. The number of hydrogen-bond acceptors (Lipinski definition) is 2. The number of aliphatic hydroxyl groups excluding tert-OH is 1. The van der Waals surface area contributed by atoms with Crippen molar-refractivity contribution in [1.82, 2.24) is 0 Å². The van der Waals surface area contributed by atoms with Gasteiger partial charge >= 0.3 is 0 Å². The van der Waals surface area contributed by atoms with Gasteiger partial charge in [-0.15, -0.1) is 11.3 Å². The summed E-state index contributed by atoms with van der Waals surface area (Å²) < 4.78 is 1.91. The predicted molar refractivity (Wildman–Crippen MR) is 70.2 cm³/mol. The molecular weight excluding hydrogens is 340 g/mol. The van der Waals surface area contributed by atoms with Crippen LogP contribution in [-0.2, 0) is 0 Å². The van der Waals surface area contributed by atoms with Gasteiger partial charge in [-0.3, -0.25) is 0 Å². The van der Waals surface area contributed by atoms with Crippen molar-refractivity contribution in [2.45, 2.75) is 6.10 Å². The van der Waals surface area contributed by atoms with Gasteiger partial charge in [0.1, 0.15) is 6.10 Å². The van der Waals surface area contributed by atoms with Crippen molar-refractivity contribution in [3.05, 3.63) is 55.1 Å². The van der Waals surface area contributed by atoms with Crippen LogP contribution in [0.15, 0.2) is 44.7 Å². The van der Waals surface area contributed by atoms with E-state index in [1.807, 2.05) is 35.7 Å². The first kappa shape index (κ1) is 11.3. The van der Waals surface area contributed by atoms with E-state index in [2.05, 4.69) is 31.9 Å². The van der Waals surface area contributed by atoms with Crippen LogP contribution >= 0.6 is 43.2 Å². The number of benzene rings is 1. The molecule has 1 atom stereocenters. The highest BCUT2D eigenvalue weighted by atomic mass is 79.9. The molecule has 1 nitrogen and oxygen atoms in total. The normalized spacial score (nSPS) is 12.7. The minimum absolute atomic E-state index is 0.549. The van der Waals surface area contributed by atoms with E-state index >= 15 is 0 Å². The van der Waals surface area contributed by atoms with Crippen molar-refractivity contribution in [2.75, 3.05) is 0 Å². The molecule has 0 amide bonds. The average molecular weight is 348 g/mol. The lowest BCUT2D eigenvalue weighted by Gasteiger charge is -2.11. The van der Waals surface area contributed by atoms with E-state index in [4.69, 9.17) is 0 Å². The van der Waals surface area contributed by atoms with Gasteiger partial charge in [0.05, 0.1) is 0 Å². The van der Waals surface area contributed by atoms with E-state index in [0.717, 1.165) is 19.4 Å². The highest BCUT2D eigenvalue weighted by molar-refractivity contribution is 9.11. The molecule has 0 saturated heterocycles. The largest absolute Gasteiger partial charge is 0.383 e. The molecule has 0 saturated carbocycles. The molecule has 2 rings (SSSR count). The summed E-state index contributed by atoms with van der Waals surface area (Å²) in [5.74, 6) is 0. The zero-order valence-corrected chi connectivity index (χ0v) is 11.6. The van der Waals surface area contributed by atoms with Gasteiger partial charge in [0, 0.05) is 19.4 Å². The van der Waals surface area contributed by atoms with Crippen molar-refractivity contribution in [3.63, 3.8) is 0 Å². The van der Waals surface area contributed by atoms with Crippen LogP contribution in [0.5, 0.6) is 0 Å². The molecule has 0 bridgehead atoms. The van der Waals surface area contributed by atoms with Crippen LogP contribution in [-0.4, -0.2) is 5.11 Å². The molecule has 1 aromatic carbocycles. The van der Waals surface area contributed by atoms with E-state index in [1.54, 1.807) is 11.3 Å². The fraction of sp³-hybridized carbons (Fsp3) is 0.0909. The summed E-state index contributed by atoms with van der Waals surface area (Å²) >= 11 is 8.39. The van der Waals surface area contributed by atoms with E-state index in [9.17, 15) is 5.11 Å². The van der Waals surface area contributed by atoms with Crippen LogP contribution < -0.4 is 0 Å². The third-order valence-corrected chi connectivity index (χ3v) is 4.17. The lowest BCUT2D eigenvalue weighted by molar-refractivity contribution is 0.223. The Labute approximate surface area is 109 Å². The molecule has 0 aliphatic heterocycles. The lowest BCUT2D eigenvalue weighted by Crippen LogP contribution is -1.97. The first-order valence-electron chi connectivity index (χ1n) is 4.35. The van der Waals surface area contributed by atoms with Crippen molar-refractivity contribution < 1.29 is 5.11 Å². The van der Waals surface area contributed by atoms with Crippen LogP contribution in [0.2, 0.25) is 0 Å². The third-order valence-electron chi connectivity index (χ3n) is 2.07. The summed E-state index contributed by atoms with van der Waals surface area (Å²) in [6, 6.07) is 9.65. The molecule has 1 unspecified atom stereocenters. The highest BCUT2D eigenvalue weighted by Gasteiger charge is 2.14. The van der Waals surface area contributed by atoms with Gasteiger partial charge in [-0.2, -0.15) is 0 Å². The maximum atomic E-state index is 10.1. The van der Waals surface area contributed by atoms with Gasteiger partial charge in [-0.25, -0.2) is 0 Å². The second-order valence-electron chi connectivity index (χ2n) is 3.08. The quantitative estimate of drug-likeness (QED) is 0.855. The molecule has 78 valence electrons. The molecule has 2 aromatic rings. The summed E-state index contributed by atoms with van der Waals surface area (Å²) in [6.45, 7) is 0. The van der Waals surface area contributed by atoms with Gasteiger partial charge in [-0.05, 0) is 23.6 Å². The van der Waals surface area contributed by atoms with E-state index in [0.29, 0.717) is 0 Å². The number of hydrogen-bond donors (Lipinski definition) is 1. The van der Waals surface area contributed by atoms with Crippen LogP contribution in [0.3, 0.4) is 0 Å².